The van der Waals surface area contributed by atoms with Gasteiger partial charge >= 0.3 is 16.9 Å². The first-order chi connectivity index (χ1) is 32.5. The molecule has 3 aliphatic carbocycles. The molecule has 6 nitrogen and oxygen atoms in total. The van der Waals surface area contributed by atoms with E-state index >= 15 is 0 Å². The predicted molar refractivity (Wildman–Crippen MR) is 271 cm³/mol. The highest BCUT2D eigenvalue weighted by Gasteiger charge is 2.27. The van der Waals surface area contributed by atoms with Crippen LogP contribution in [0.5, 0.6) is 0 Å². The first-order valence-corrected chi connectivity index (χ1v) is 25.5. The van der Waals surface area contributed by atoms with Gasteiger partial charge in [-0.1, -0.05) is 109 Å². The molecule has 0 aliphatic heterocycles. The van der Waals surface area contributed by atoms with Gasteiger partial charge in [0.05, 0.1) is 31.3 Å². The summed E-state index contributed by atoms with van der Waals surface area (Å²) in [6, 6.07) is 41.8. The van der Waals surface area contributed by atoms with Crippen LogP contribution >= 0.6 is 34.0 Å². The first-order valence-electron chi connectivity index (χ1n) is 22.9. The van der Waals surface area contributed by atoms with Crippen molar-refractivity contribution in [2.75, 3.05) is 0 Å². The molecule has 9 heteroatoms. The minimum Gasteiger partial charge on any atom is -0.421 e. The number of thiophene rings is 3. The van der Waals surface area contributed by atoms with E-state index in [0.29, 0.717) is 0 Å². The lowest BCUT2D eigenvalue weighted by atomic mass is 9.86. The fourth-order valence-corrected chi connectivity index (χ4v) is 12.0. The van der Waals surface area contributed by atoms with Crippen LogP contribution in [0.15, 0.2) is 171 Å². The highest BCUT2D eigenvalue weighted by molar-refractivity contribution is 7.14. The van der Waals surface area contributed by atoms with Crippen LogP contribution in [-0.4, -0.2) is 0 Å². The zero-order valence-electron chi connectivity index (χ0n) is 36.5. The Bertz CT molecular complexity index is 2890. The van der Waals surface area contributed by atoms with Gasteiger partial charge in [0, 0.05) is 16.7 Å². The molecule has 0 saturated heterocycles. The molecule has 0 saturated carbocycles. The van der Waals surface area contributed by atoms with Crippen LogP contribution in [0.25, 0.3) is 65.3 Å². The molecule has 66 heavy (non-hydrogen) atoms. The lowest BCUT2D eigenvalue weighted by Crippen LogP contribution is -2.15. The van der Waals surface area contributed by atoms with Gasteiger partial charge in [0.15, 0.2) is 17.3 Å². The summed E-state index contributed by atoms with van der Waals surface area (Å²) >= 11 is 4.88. The van der Waals surface area contributed by atoms with E-state index in [1.165, 1.54) is 33.4 Å². The van der Waals surface area contributed by atoms with Gasteiger partial charge in [0.2, 0.25) is 0 Å². The molecular formula is C57H48O6S3. The molecule has 0 unspecified atom stereocenters. The SMILES string of the molecule is O=c1oc(-c2cccs2)c2c(c1-c1ccccc1)CCCC2.O=c1oc(-c2cccs2)c2c(c1-c1ccccc1)CCCC2.O=c1oc(-c2cccs2)c2c(c1-c1ccccc1)CCCC2. The Hall–Kier alpha value is -6.39. The molecule has 0 atom stereocenters. The van der Waals surface area contributed by atoms with Crippen molar-refractivity contribution in [3.8, 4) is 65.3 Å². The van der Waals surface area contributed by atoms with Gasteiger partial charge in [0.1, 0.15) is 0 Å². The second-order valence-electron chi connectivity index (χ2n) is 16.8. The Labute approximate surface area is 395 Å². The van der Waals surface area contributed by atoms with Crippen molar-refractivity contribution in [3.63, 3.8) is 0 Å². The van der Waals surface area contributed by atoms with E-state index in [0.717, 1.165) is 142 Å². The molecule has 6 aromatic heterocycles. The zero-order chi connectivity index (χ0) is 44.8. The topological polar surface area (TPSA) is 90.6 Å². The third kappa shape index (κ3) is 8.95. The molecule has 0 fully saturated rings. The Morgan fingerprint density at radius 2 is 0.561 bits per heavy atom. The Morgan fingerprint density at radius 1 is 0.303 bits per heavy atom. The molecule has 0 bridgehead atoms. The van der Waals surface area contributed by atoms with Crippen molar-refractivity contribution in [1.82, 2.24) is 0 Å². The van der Waals surface area contributed by atoms with Crippen LogP contribution in [-0.2, 0) is 38.5 Å². The van der Waals surface area contributed by atoms with Gasteiger partial charge in [-0.05, 0) is 145 Å². The summed E-state index contributed by atoms with van der Waals surface area (Å²) in [7, 11) is 0. The van der Waals surface area contributed by atoms with E-state index < -0.39 is 0 Å². The van der Waals surface area contributed by atoms with Crippen LogP contribution in [0, 0.1) is 0 Å². The first kappa shape index (κ1) is 43.5. The summed E-state index contributed by atoms with van der Waals surface area (Å²) in [5.41, 5.74) is 11.8. The van der Waals surface area contributed by atoms with E-state index in [9.17, 15) is 14.4 Å². The number of rotatable bonds is 6. The summed E-state index contributed by atoms with van der Waals surface area (Å²) in [6.07, 6.45) is 12.8. The third-order valence-corrected chi connectivity index (χ3v) is 15.4. The number of hydrogen-bond donors (Lipinski definition) is 0. The van der Waals surface area contributed by atoms with E-state index in [2.05, 4.69) is 0 Å². The second-order valence-corrected chi connectivity index (χ2v) is 19.6. The van der Waals surface area contributed by atoms with Crippen LogP contribution in [0.4, 0.5) is 0 Å². The van der Waals surface area contributed by atoms with Crippen LogP contribution in [0.3, 0.4) is 0 Å². The highest BCUT2D eigenvalue weighted by Crippen LogP contribution is 2.40. The monoisotopic (exact) mass is 924 g/mol. The molecule has 6 heterocycles. The van der Waals surface area contributed by atoms with Crippen molar-refractivity contribution >= 4 is 34.0 Å². The Balaban J connectivity index is 0.000000116. The Kier molecular flexibility index (Phi) is 13.2. The average Bonchev–Trinajstić information content (AvgIpc) is 4.21. The number of fused-ring (bicyclic) bond motifs is 3. The molecule has 0 amide bonds. The maximum absolute atomic E-state index is 12.6. The molecule has 330 valence electrons. The predicted octanol–water partition coefficient (Wildman–Crippen LogP) is 14.7. The van der Waals surface area contributed by atoms with E-state index in [1.54, 1.807) is 34.0 Å². The summed E-state index contributed by atoms with van der Waals surface area (Å²) in [5.74, 6) is 2.36. The lowest BCUT2D eigenvalue weighted by molar-refractivity contribution is 0.511. The standard InChI is InChI=1S/3C19H16O2S/c3*20-19-17(13-7-2-1-3-8-13)14-9-4-5-10-15(14)18(21-19)16-11-6-12-22-16/h3*1-3,6-8,11-12H,4-5,9-10H2. The largest absolute Gasteiger partial charge is 0.421 e. The smallest absolute Gasteiger partial charge is 0.344 e. The Morgan fingerprint density at radius 3 is 0.803 bits per heavy atom. The summed E-state index contributed by atoms with van der Waals surface area (Å²) in [5, 5.41) is 6.07. The van der Waals surface area contributed by atoms with Gasteiger partial charge < -0.3 is 13.3 Å². The van der Waals surface area contributed by atoms with E-state index in [4.69, 9.17) is 13.3 Å². The maximum Gasteiger partial charge on any atom is 0.344 e. The highest BCUT2D eigenvalue weighted by atomic mass is 32.1. The van der Waals surface area contributed by atoms with Gasteiger partial charge in [0.25, 0.3) is 0 Å². The normalized spacial score (nSPS) is 13.8. The van der Waals surface area contributed by atoms with Gasteiger partial charge in [-0.3, -0.25) is 0 Å². The summed E-state index contributed by atoms with van der Waals surface area (Å²) < 4.78 is 17.3. The van der Waals surface area contributed by atoms with Gasteiger partial charge in [-0.2, -0.15) is 0 Å². The van der Waals surface area contributed by atoms with Gasteiger partial charge in [-0.15, -0.1) is 34.0 Å². The van der Waals surface area contributed by atoms with E-state index in [-0.39, 0.29) is 16.9 Å². The maximum atomic E-state index is 12.6. The molecule has 9 aromatic rings. The lowest BCUT2D eigenvalue weighted by Gasteiger charge is -2.20. The quantitative estimate of drug-likeness (QED) is 0.165. The van der Waals surface area contributed by atoms with Crippen molar-refractivity contribution in [3.05, 3.63) is 208 Å². The molecule has 12 rings (SSSR count). The molecule has 0 radical (unpaired) electrons. The number of benzene rings is 3. The molecule has 0 spiro atoms. The molecule has 0 N–H and O–H groups in total. The van der Waals surface area contributed by atoms with Crippen LogP contribution < -0.4 is 16.9 Å². The van der Waals surface area contributed by atoms with Gasteiger partial charge in [-0.25, -0.2) is 14.4 Å². The minimum absolute atomic E-state index is 0.213. The van der Waals surface area contributed by atoms with Crippen molar-refractivity contribution in [2.24, 2.45) is 0 Å². The van der Waals surface area contributed by atoms with Crippen molar-refractivity contribution in [2.45, 2.75) is 77.0 Å². The van der Waals surface area contributed by atoms with E-state index in [1.807, 2.05) is 144 Å². The van der Waals surface area contributed by atoms with Crippen molar-refractivity contribution < 1.29 is 13.3 Å². The third-order valence-electron chi connectivity index (χ3n) is 12.8. The molecule has 3 aromatic carbocycles. The second kappa shape index (κ2) is 20.0. The average molecular weight is 925 g/mol. The fourth-order valence-electron chi connectivity index (χ4n) is 9.79. The zero-order valence-corrected chi connectivity index (χ0v) is 39.0. The number of hydrogen-bond acceptors (Lipinski definition) is 9. The molecular weight excluding hydrogens is 877 g/mol. The van der Waals surface area contributed by atoms with Crippen molar-refractivity contribution in [1.29, 1.82) is 0 Å². The minimum atomic E-state index is -0.213. The fraction of sp³-hybridized carbons (Fsp3) is 0.211. The molecule has 3 aliphatic rings. The summed E-state index contributed by atoms with van der Waals surface area (Å²) in [4.78, 5) is 41.1. The summed E-state index contributed by atoms with van der Waals surface area (Å²) in [6.45, 7) is 0. The van der Waals surface area contributed by atoms with Crippen LogP contribution in [0.2, 0.25) is 0 Å². The van der Waals surface area contributed by atoms with Crippen LogP contribution in [0.1, 0.15) is 71.9 Å².